The van der Waals surface area contributed by atoms with Gasteiger partial charge in [0.15, 0.2) is 10.1 Å². The van der Waals surface area contributed by atoms with Crippen LogP contribution in [0.1, 0.15) is 30.9 Å². The lowest BCUT2D eigenvalue weighted by Gasteiger charge is -2.37. The number of furan rings is 1. The van der Waals surface area contributed by atoms with Gasteiger partial charge in [0.25, 0.3) is 0 Å². The van der Waals surface area contributed by atoms with Crippen molar-refractivity contribution < 1.29 is 14.0 Å². The smallest absolute Gasteiger partial charge is 0.227 e. The molecule has 4 N–H and O–H groups in total. The van der Waals surface area contributed by atoms with Crippen LogP contribution in [-0.2, 0) is 9.59 Å². The van der Waals surface area contributed by atoms with Crippen molar-refractivity contribution in [3.8, 4) is 6.07 Å². The fourth-order valence-corrected chi connectivity index (χ4v) is 5.15. The number of aromatic nitrogens is 2. The molecule has 2 aromatic rings. The van der Waals surface area contributed by atoms with Crippen molar-refractivity contribution in [1.82, 2.24) is 10.2 Å². The molecular weight excluding hydrogens is 412 g/mol. The Morgan fingerprint density at radius 2 is 2.28 bits per heavy atom. The molecule has 2 aliphatic rings. The van der Waals surface area contributed by atoms with Gasteiger partial charge < -0.3 is 15.9 Å². The third kappa shape index (κ3) is 3.41. The summed E-state index contributed by atoms with van der Waals surface area (Å²) in [5, 5.41) is 18.5. The summed E-state index contributed by atoms with van der Waals surface area (Å²) in [5.41, 5.74) is 13.0. The minimum absolute atomic E-state index is 0.0363. The van der Waals surface area contributed by atoms with Crippen molar-refractivity contribution in [2.45, 2.75) is 29.5 Å². The molecule has 2 aromatic heterocycles. The topological polar surface area (TPSA) is 152 Å². The van der Waals surface area contributed by atoms with Gasteiger partial charge in [0.1, 0.15) is 11.6 Å². The first-order valence-electron chi connectivity index (χ1n) is 8.75. The van der Waals surface area contributed by atoms with Crippen molar-refractivity contribution in [3.05, 3.63) is 46.8 Å². The van der Waals surface area contributed by atoms with Crippen LogP contribution in [0, 0.1) is 11.3 Å². The molecule has 11 heteroatoms. The zero-order valence-electron chi connectivity index (χ0n) is 15.1. The molecule has 1 amide bonds. The molecule has 29 heavy (non-hydrogen) atoms. The number of nitriles is 1. The average Bonchev–Trinajstić information content (AvgIpc) is 3.38. The highest BCUT2D eigenvalue weighted by molar-refractivity contribution is 8.01. The van der Waals surface area contributed by atoms with E-state index >= 15 is 0 Å². The summed E-state index contributed by atoms with van der Waals surface area (Å²) < 4.78 is 6.08. The number of rotatable bonds is 5. The van der Waals surface area contributed by atoms with Gasteiger partial charge in [0, 0.05) is 17.7 Å². The quantitative estimate of drug-likeness (QED) is 0.681. The molecule has 0 saturated carbocycles. The number of allylic oxidation sites excluding steroid dienone is 3. The Bertz CT molecular complexity index is 1080. The Morgan fingerprint density at radius 3 is 2.97 bits per heavy atom. The van der Waals surface area contributed by atoms with Crippen LogP contribution in [0.25, 0.3) is 0 Å². The number of carbonyl (C=O) groups excluding carboxylic acids is 2. The minimum atomic E-state index is -0.634. The third-order valence-corrected chi connectivity index (χ3v) is 6.73. The van der Waals surface area contributed by atoms with Crippen LogP contribution in [0.4, 0.5) is 5.13 Å². The molecule has 1 unspecified atom stereocenters. The van der Waals surface area contributed by atoms with Crippen LogP contribution in [0.15, 0.2) is 49.8 Å². The lowest BCUT2D eigenvalue weighted by Crippen LogP contribution is -2.38. The molecule has 3 heterocycles. The second-order valence-corrected chi connectivity index (χ2v) is 8.62. The highest BCUT2D eigenvalue weighted by Crippen LogP contribution is 2.47. The first-order valence-corrected chi connectivity index (χ1v) is 10.6. The predicted molar refractivity (Wildman–Crippen MR) is 106 cm³/mol. The fourth-order valence-electron chi connectivity index (χ4n) is 3.53. The van der Waals surface area contributed by atoms with Crippen molar-refractivity contribution in [2.75, 3.05) is 10.7 Å². The molecule has 9 nitrogen and oxygen atoms in total. The van der Waals surface area contributed by atoms with Gasteiger partial charge in [0.05, 0.1) is 29.6 Å². The maximum absolute atomic E-state index is 12.9. The summed E-state index contributed by atoms with van der Waals surface area (Å²) in [4.78, 5) is 25.5. The summed E-state index contributed by atoms with van der Waals surface area (Å²) in [5.74, 6) is -0.348. The summed E-state index contributed by atoms with van der Waals surface area (Å²) in [7, 11) is 0. The first kappa shape index (κ1) is 19.2. The first-order chi connectivity index (χ1) is 14.0. The van der Waals surface area contributed by atoms with E-state index < -0.39 is 11.8 Å². The Kier molecular flexibility index (Phi) is 5.12. The highest BCUT2D eigenvalue weighted by atomic mass is 32.2. The maximum atomic E-state index is 12.9. The Balaban J connectivity index is 1.82. The molecule has 0 fully saturated rings. The van der Waals surface area contributed by atoms with Gasteiger partial charge in [-0.05, 0) is 25.0 Å². The maximum Gasteiger partial charge on any atom is 0.227 e. The predicted octanol–water partition coefficient (Wildman–Crippen LogP) is 2.01. The Labute approximate surface area is 174 Å². The second-order valence-electron chi connectivity index (χ2n) is 6.44. The number of anilines is 1. The normalized spacial score (nSPS) is 19.3. The van der Waals surface area contributed by atoms with Gasteiger partial charge in [-0.25, -0.2) is 0 Å². The Morgan fingerprint density at radius 1 is 1.45 bits per heavy atom. The van der Waals surface area contributed by atoms with Crippen LogP contribution >= 0.6 is 23.1 Å². The lowest BCUT2D eigenvalue weighted by atomic mass is 9.78. The van der Waals surface area contributed by atoms with E-state index in [1.807, 2.05) is 0 Å². The molecule has 0 saturated heterocycles. The van der Waals surface area contributed by atoms with E-state index in [9.17, 15) is 14.9 Å². The van der Waals surface area contributed by atoms with E-state index in [1.165, 1.54) is 29.4 Å². The van der Waals surface area contributed by atoms with E-state index in [1.54, 1.807) is 17.0 Å². The van der Waals surface area contributed by atoms with Crippen LogP contribution < -0.4 is 16.4 Å². The second kappa shape index (κ2) is 7.73. The number of hydrogen-bond acceptors (Lipinski definition) is 10. The van der Waals surface area contributed by atoms with Crippen LogP contribution in [0.5, 0.6) is 0 Å². The summed E-state index contributed by atoms with van der Waals surface area (Å²) in [6.07, 6.45) is 3.20. The summed E-state index contributed by atoms with van der Waals surface area (Å²) in [6.45, 7) is 0. The summed E-state index contributed by atoms with van der Waals surface area (Å²) >= 11 is 2.39. The molecule has 148 valence electrons. The SMILES string of the molecule is N#CC1=C(N)N(c2nnc(SCC(N)=O)s2)C2=C(C(=O)CCC2)C1c1ccco1. The number of amides is 1. The number of thioether (sulfide) groups is 1. The standard InChI is InChI=1S/C18H16N6O3S2/c19-7-9-14(12-5-2-6-27-12)15-10(3-1-4-11(15)25)24(16(9)21)17-22-23-18(29-17)28-8-13(20)26/h2,5-6,14H,1,3-4,8,21H2,(H2,20,26). The van der Waals surface area contributed by atoms with Crippen LogP contribution in [0.3, 0.4) is 0 Å². The van der Waals surface area contributed by atoms with Gasteiger partial charge in [0.2, 0.25) is 11.0 Å². The molecular formula is C18H16N6O3S2. The molecule has 1 aliphatic carbocycles. The number of nitrogens with two attached hydrogens (primary N) is 2. The highest BCUT2D eigenvalue weighted by Gasteiger charge is 2.42. The van der Waals surface area contributed by atoms with Crippen LogP contribution in [-0.4, -0.2) is 27.6 Å². The van der Waals surface area contributed by atoms with Crippen molar-refractivity contribution >= 4 is 39.9 Å². The number of hydrogen-bond donors (Lipinski definition) is 2. The van der Waals surface area contributed by atoms with E-state index in [0.717, 1.165) is 0 Å². The number of nitrogens with zero attached hydrogens (tertiary/aromatic N) is 4. The van der Waals surface area contributed by atoms with Gasteiger partial charge in [-0.3, -0.25) is 14.5 Å². The van der Waals surface area contributed by atoms with Gasteiger partial charge in [-0.15, -0.1) is 10.2 Å². The number of carbonyl (C=O) groups is 2. The van der Waals surface area contributed by atoms with E-state index in [0.29, 0.717) is 45.8 Å². The average molecular weight is 428 g/mol. The largest absolute Gasteiger partial charge is 0.468 e. The third-order valence-electron chi connectivity index (χ3n) is 4.67. The molecule has 1 aliphatic heterocycles. The molecule has 0 spiro atoms. The van der Waals surface area contributed by atoms with Gasteiger partial charge >= 0.3 is 0 Å². The zero-order valence-corrected chi connectivity index (χ0v) is 16.8. The number of primary amides is 1. The van der Waals surface area contributed by atoms with Crippen molar-refractivity contribution in [3.63, 3.8) is 0 Å². The molecule has 0 bridgehead atoms. The molecule has 1 atom stereocenters. The molecule has 0 radical (unpaired) electrons. The fraction of sp³-hybridized carbons (Fsp3) is 0.278. The summed E-state index contributed by atoms with van der Waals surface area (Å²) in [6, 6.07) is 5.60. The zero-order chi connectivity index (χ0) is 20.5. The van der Waals surface area contributed by atoms with Crippen LogP contribution in [0.2, 0.25) is 0 Å². The van der Waals surface area contributed by atoms with E-state index in [-0.39, 0.29) is 22.9 Å². The lowest BCUT2D eigenvalue weighted by molar-refractivity contribution is -0.116. The van der Waals surface area contributed by atoms with Crippen molar-refractivity contribution in [2.24, 2.45) is 11.5 Å². The molecule has 0 aromatic carbocycles. The minimum Gasteiger partial charge on any atom is -0.468 e. The van der Waals surface area contributed by atoms with E-state index in [2.05, 4.69) is 16.3 Å². The van der Waals surface area contributed by atoms with Gasteiger partial charge in [-0.1, -0.05) is 23.1 Å². The monoisotopic (exact) mass is 428 g/mol. The van der Waals surface area contributed by atoms with Crippen molar-refractivity contribution in [1.29, 1.82) is 5.26 Å². The van der Waals surface area contributed by atoms with E-state index in [4.69, 9.17) is 15.9 Å². The number of ketones is 1. The number of Topliss-reactive ketones (excluding diaryl/α,β-unsaturated/α-hetero) is 1. The van der Waals surface area contributed by atoms with Gasteiger partial charge in [-0.2, -0.15) is 5.26 Å². The molecule has 4 rings (SSSR count). The Hall–Kier alpha value is -3.10.